The third kappa shape index (κ3) is 2.17. The molecule has 1 fully saturated rings. The molecule has 1 saturated heterocycles. The molecule has 122 valence electrons. The molecular formula is C14H17N5O4. The lowest BCUT2D eigenvalue weighted by Gasteiger charge is -2.26. The van der Waals surface area contributed by atoms with Crippen LogP contribution in [0.1, 0.15) is 0 Å². The number of rotatable bonds is 3. The van der Waals surface area contributed by atoms with Crippen molar-refractivity contribution in [3.63, 3.8) is 0 Å². The molecule has 23 heavy (non-hydrogen) atoms. The maximum absolute atomic E-state index is 10.2. The van der Waals surface area contributed by atoms with Gasteiger partial charge in [-0.15, -0.1) is 0 Å². The molecule has 2 aromatic heterocycles. The van der Waals surface area contributed by atoms with E-state index in [0.717, 1.165) is 5.69 Å². The van der Waals surface area contributed by atoms with E-state index in [2.05, 4.69) is 15.3 Å². The third-order valence-electron chi connectivity index (χ3n) is 4.18. The van der Waals surface area contributed by atoms with E-state index >= 15 is 0 Å². The Morgan fingerprint density at radius 2 is 1.91 bits per heavy atom. The number of fused-ring (bicyclic) bond motifs is 1. The summed E-state index contributed by atoms with van der Waals surface area (Å²) in [6.45, 7) is -0.00384. The lowest BCUT2D eigenvalue weighted by atomic mass is 10.1. The van der Waals surface area contributed by atoms with E-state index in [4.69, 9.17) is 4.74 Å². The highest BCUT2D eigenvalue weighted by molar-refractivity contribution is 5.77. The molecule has 0 unspecified atom stereocenters. The van der Waals surface area contributed by atoms with Crippen LogP contribution in [0.25, 0.3) is 5.82 Å². The predicted octanol–water partition coefficient (Wildman–Crippen LogP) is -1.10. The first kappa shape index (κ1) is 14.4. The maximum atomic E-state index is 10.2. The molecule has 4 N–H and O–H groups in total. The molecule has 0 aliphatic carbocycles. The zero-order valence-electron chi connectivity index (χ0n) is 12.1. The standard InChI is InChI=1S/C14H17N5O4/c20-5-8-10(21)11(22)14(23-8)19-7-17-9-12(15-6-16-13(9)19)18-3-1-2-4-18/h1-4,6,8,10-11,14,17,20-22H,5,7H2/t8-,10-,11-,14-/m1/s1. The molecule has 0 aromatic carbocycles. The molecule has 2 aliphatic heterocycles. The van der Waals surface area contributed by atoms with Gasteiger partial charge in [0, 0.05) is 12.4 Å². The number of anilines is 2. The second-order valence-electron chi connectivity index (χ2n) is 5.52. The van der Waals surface area contributed by atoms with Gasteiger partial charge < -0.3 is 34.8 Å². The summed E-state index contributed by atoms with van der Waals surface area (Å²) in [6.07, 6.45) is 1.31. The number of ether oxygens (including phenoxy) is 1. The Morgan fingerprint density at radius 1 is 1.17 bits per heavy atom. The lowest BCUT2D eigenvalue weighted by molar-refractivity contribution is -0.0219. The molecule has 9 heteroatoms. The zero-order chi connectivity index (χ0) is 16.0. The fraction of sp³-hybridized carbons (Fsp3) is 0.429. The summed E-state index contributed by atoms with van der Waals surface area (Å²) in [5, 5.41) is 32.5. The van der Waals surface area contributed by atoms with E-state index < -0.39 is 24.5 Å². The normalized spacial score (nSPS) is 29.6. The van der Waals surface area contributed by atoms with Gasteiger partial charge in [-0.25, -0.2) is 9.97 Å². The van der Waals surface area contributed by atoms with Crippen molar-refractivity contribution in [2.75, 3.05) is 23.5 Å². The molecule has 0 amide bonds. The Kier molecular flexibility index (Phi) is 3.42. The number of hydrogen-bond acceptors (Lipinski definition) is 8. The Bertz CT molecular complexity index is 694. The molecule has 2 aromatic rings. The van der Waals surface area contributed by atoms with Crippen LogP contribution in [0, 0.1) is 0 Å². The molecular weight excluding hydrogens is 302 g/mol. The van der Waals surface area contributed by atoms with Crippen LogP contribution >= 0.6 is 0 Å². The summed E-state index contributed by atoms with van der Waals surface area (Å²) in [5.41, 5.74) is 0.724. The highest BCUT2D eigenvalue weighted by Gasteiger charge is 2.47. The van der Waals surface area contributed by atoms with Crippen molar-refractivity contribution in [1.29, 1.82) is 0 Å². The Morgan fingerprint density at radius 3 is 2.61 bits per heavy atom. The maximum Gasteiger partial charge on any atom is 0.165 e. The topological polar surface area (TPSA) is 116 Å². The van der Waals surface area contributed by atoms with Crippen molar-refractivity contribution < 1.29 is 20.1 Å². The number of aliphatic hydroxyl groups excluding tert-OH is 3. The van der Waals surface area contributed by atoms with Gasteiger partial charge in [-0.2, -0.15) is 0 Å². The summed E-state index contributed by atoms with van der Waals surface area (Å²) < 4.78 is 7.43. The van der Waals surface area contributed by atoms with Gasteiger partial charge in [-0.1, -0.05) is 0 Å². The smallest absolute Gasteiger partial charge is 0.165 e. The summed E-state index contributed by atoms with van der Waals surface area (Å²) in [7, 11) is 0. The van der Waals surface area contributed by atoms with Gasteiger partial charge in [0.15, 0.2) is 17.9 Å². The Hall–Kier alpha value is -2.20. The van der Waals surface area contributed by atoms with Crippen molar-refractivity contribution in [3.05, 3.63) is 30.9 Å². The largest absolute Gasteiger partial charge is 0.394 e. The van der Waals surface area contributed by atoms with Gasteiger partial charge in [-0.3, -0.25) is 0 Å². The van der Waals surface area contributed by atoms with Gasteiger partial charge in [0.2, 0.25) is 0 Å². The van der Waals surface area contributed by atoms with Crippen LogP contribution in [0.15, 0.2) is 30.9 Å². The first-order chi connectivity index (χ1) is 11.2. The first-order valence-electron chi connectivity index (χ1n) is 7.32. The van der Waals surface area contributed by atoms with E-state index in [1.54, 1.807) is 4.90 Å². The van der Waals surface area contributed by atoms with Gasteiger partial charge >= 0.3 is 0 Å². The quantitative estimate of drug-likeness (QED) is 0.563. The van der Waals surface area contributed by atoms with Crippen LogP contribution in [0.3, 0.4) is 0 Å². The van der Waals surface area contributed by atoms with Crippen LogP contribution in [-0.4, -0.2) is 67.7 Å². The monoisotopic (exact) mass is 319 g/mol. The summed E-state index contributed by atoms with van der Waals surface area (Å²) in [4.78, 5) is 10.3. The molecule has 2 aliphatic rings. The van der Waals surface area contributed by atoms with Crippen LogP contribution in [0.4, 0.5) is 11.5 Å². The average Bonchev–Trinajstić information content (AvgIpc) is 3.28. The van der Waals surface area contributed by atoms with Crippen LogP contribution in [0.2, 0.25) is 0 Å². The van der Waals surface area contributed by atoms with E-state index in [1.807, 2.05) is 29.1 Å². The molecule has 0 radical (unpaired) electrons. The zero-order valence-corrected chi connectivity index (χ0v) is 12.1. The van der Waals surface area contributed by atoms with Crippen molar-refractivity contribution in [1.82, 2.24) is 14.5 Å². The van der Waals surface area contributed by atoms with E-state index in [0.29, 0.717) is 18.3 Å². The van der Waals surface area contributed by atoms with Crippen molar-refractivity contribution in [2.24, 2.45) is 0 Å². The Balaban J connectivity index is 1.68. The number of hydrogen-bond donors (Lipinski definition) is 4. The van der Waals surface area contributed by atoms with Crippen molar-refractivity contribution in [3.8, 4) is 5.82 Å². The molecule has 4 atom stereocenters. The predicted molar refractivity (Wildman–Crippen MR) is 80.1 cm³/mol. The minimum atomic E-state index is -1.14. The van der Waals surface area contributed by atoms with E-state index in [1.165, 1.54) is 6.33 Å². The second-order valence-corrected chi connectivity index (χ2v) is 5.52. The molecule has 4 rings (SSSR count). The van der Waals surface area contributed by atoms with Crippen LogP contribution < -0.4 is 10.2 Å². The van der Waals surface area contributed by atoms with Gasteiger partial charge in [0.1, 0.15) is 30.3 Å². The van der Waals surface area contributed by atoms with Crippen molar-refractivity contribution in [2.45, 2.75) is 24.5 Å². The van der Waals surface area contributed by atoms with Crippen molar-refractivity contribution >= 4 is 11.5 Å². The SMILES string of the molecule is OC[C@H]1O[C@@H](N2CNc3c2ncnc3-n2cccc2)[C@H](O)[C@@H]1O. The number of nitrogens with zero attached hydrogens (tertiary/aromatic N) is 4. The number of aliphatic hydroxyl groups is 3. The van der Waals surface area contributed by atoms with Crippen LogP contribution in [0.5, 0.6) is 0 Å². The first-order valence-corrected chi connectivity index (χ1v) is 7.32. The summed E-state index contributed by atoms with van der Waals surface area (Å²) in [6, 6.07) is 3.79. The molecule has 0 spiro atoms. The fourth-order valence-electron chi connectivity index (χ4n) is 3.00. The van der Waals surface area contributed by atoms with Gasteiger partial charge in [0.05, 0.1) is 13.3 Å². The third-order valence-corrected chi connectivity index (χ3v) is 4.18. The lowest BCUT2D eigenvalue weighted by Crippen LogP contribution is -2.44. The number of aromatic nitrogens is 3. The van der Waals surface area contributed by atoms with E-state index in [-0.39, 0.29) is 6.61 Å². The summed E-state index contributed by atoms with van der Waals surface area (Å²) >= 11 is 0. The second kappa shape index (κ2) is 5.46. The number of nitrogens with one attached hydrogen (secondary N) is 1. The minimum Gasteiger partial charge on any atom is -0.394 e. The molecule has 9 nitrogen and oxygen atoms in total. The Labute approximate surface area is 131 Å². The molecule has 0 bridgehead atoms. The minimum absolute atomic E-state index is 0.356. The highest BCUT2D eigenvalue weighted by atomic mass is 16.6. The van der Waals surface area contributed by atoms with E-state index in [9.17, 15) is 15.3 Å². The fourth-order valence-corrected chi connectivity index (χ4v) is 3.00. The van der Waals surface area contributed by atoms with Gasteiger partial charge in [0.25, 0.3) is 0 Å². The van der Waals surface area contributed by atoms with Gasteiger partial charge in [-0.05, 0) is 12.1 Å². The molecule has 0 saturated carbocycles. The summed E-state index contributed by atoms with van der Waals surface area (Å²) in [5.74, 6) is 1.27. The highest BCUT2D eigenvalue weighted by Crippen LogP contribution is 2.37. The average molecular weight is 319 g/mol. The van der Waals surface area contributed by atoms with Crippen LogP contribution in [-0.2, 0) is 4.74 Å². The molecule has 4 heterocycles.